The van der Waals surface area contributed by atoms with Gasteiger partial charge in [-0.3, -0.25) is 4.79 Å². The number of para-hydroxylation sites is 1. The van der Waals surface area contributed by atoms with E-state index in [0.29, 0.717) is 6.42 Å². The van der Waals surface area contributed by atoms with Crippen molar-refractivity contribution in [2.45, 2.75) is 17.4 Å². The molecule has 0 spiro atoms. The van der Waals surface area contributed by atoms with E-state index >= 15 is 0 Å². The van der Waals surface area contributed by atoms with E-state index in [1.54, 1.807) is 11.8 Å². The first-order valence-corrected chi connectivity index (χ1v) is 9.11. The predicted molar refractivity (Wildman–Crippen MR) is 97.0 cm³/mol. The molecular formula is C17H15BrN2O2S. The smallest absolute Gasteiger partial charge is 0.268 e. The van der Waals surface area contributed by atoms with Crippen molar-refractivity contribution in [1.29, 1.82) is 0 Å². The summed E-state index contributed by atoms with van der Waals surface area (Å²) in [5, 5.41) is 6.98. The lowest BCUT2D eigenvalue weighted by Gasteiger charge is -2.12. The van der Waals surface area contributed by atoms with Gasteiger partial charge in [-0.25, -0.2) is 0 Å². The van der Waals surface area contributed by atoms with Gasteiger partial charge in [0.05, 0.1) is 11.4 Å². The number of carbonyl (C=O) groups is 1. The average molecular weight is 391 g/mol. The lowest BCUT2D eigenvalue weighted by atomic mass is 10.0. The van der Waals surface area contributed by atoms with E-state index in [1.807, 2.05) is 54.8 Å². The maximum absolute atomic E-state index is 12.4. The van der Waals surface area contributed by atoms with Crippen molar-refractivity contribution in [2.75, 3.05) is 11.6 Å². The van der Waals surface area contributed by atoms with Crippen molar-refractivity contribution in [1.82, 2.24) is 0 Å². The van der Waals surface area contributed by atoms with E-state index in [-0.39, 0.29) is 5.91 Å². The molecule has 0 saturated carbocycles. The number of rotatable bonds is 4. The third-order valence-corrected chi connectivity index (χ3v) is 4.77. The van der Waals surface area contributed by atoms with Crippen LogP contribution in [0.25, 0.3) is 0 Å². The zero-order chi connectivity index (χ0) is 16.2. The topological polar surface area (TPSA) is 50.7 Å². The number of halogens is 1. The van der Waals surface area contributed by atoms with Crippen molar-refractivity contribution >= 4 is 45.0 Å². The lowest BCUT2D eigenvalue weighted by Crippen LogP contribution is -2.28. The monoisotopic (exact) mass is 390 g/mol. The summed E-state index contributed by atoms with van der Waals surface area (Å²) in [6.07, 6.45) is 1.84. The van der Waals surface area contributed by atoms with Crippen LogP contribution in [-0.4, -0.2) is 24.0 Å². The highest BCUT2D eigenvalue weighted by molar-refractivity contribution is 9.10. The van der Waals surface area contributed by atoms with E-state index in [2.05, 4.69) is 26.4 Å². The summed E-state index contributed by atoms with van der Waals surface area (Å²) < 4.78 is 0.972. The number of hydrogen-bond acceptors (Lipinski definition) is 4. The number of anilines is 1. The number of nitrogens with one attached hydrogen (secondary N) is 1. The minimum Gasteiger partial charge on any atom is -0.382 e. The number of carbonyl (C=O) groups excluding carboxylic acids is 1. The molecule has 2 aromatic carbocycles. The number of thioether (sulfide) groups is 1. The van der Waals surface area contributed by atoms with Gasteiger partial charge in [-0.2, -0.15) is 0 Å². The van der Waals surface area contributed by atoms with Gasteiger partial charge in [-0.1, -0.05) is 45.4 Å². The van der Waals surface area contributed by atoms with Crippen molar-refractivity contribution in [3.63, 3.8) is 0 Å². The highest BCUT2D eigenvalue weighted by atomic mass is 79.9. The largest absolute Gasteiger partial charge is 0.382 e. The molecule has 1 aliphatic rings. The van der Waals surface area contributed by atoms with Crippen molar-refractivity contribution in [2.24, 2.45) is 5.16 Å². The van der Waals surface area contributed by atoms with Crippen LogP contribution in [0.1, 0.15) is 12.0 Å². The maximum Gasteiger partial charge on any atom is 0.268 e. The standard InChI is InChI=1S/C17H15BrN2O2S/c1-23-16-8-3-2-7-13(16)19-17(21)15-10-14(20-22-15)11-5-4-6-12(18)9-11/h2-9,15H,10H2,1H3,(H,19,21)/t15-/m1/s1. The van der Waals surface area contributed by atoms with Crippen LogP contribution >= 0.6 is 27.7 Å². The zero-order valence-electron chi connectivity index (χ0n) is 12.5. The average Bonchev–Trinajstić information content (AvgIpc) is 3.05. The van der Waals surface area contributed by atoms with Gasteiger partial charge in [0.25, 0.3) is 5.91 Å². The van der Waals surface area contributed by atoms with Crippen LogP contribution < -0.4 is 5.32 Å². The van der Waals surface area contributed by atoms with Crippen LogP contribution in [0.2, 0.25) is 0 Å². The Hall–Kier alpha value is -1.79. The summed E-state index contributed by atoms with van der Waals surface area (Å²) >= 11 is 5.03. The number of oxime groups is 1. The Kier molecular flexibility index (Phi) is 5.03. The fraction of sp³-hybridized carbons (Fsp3) is 0.176. The number of nitrogens with zero attached hydrogens (tertiary/aromatic N) is 1. The van der Waals surface area contributed by atoms with Crippen molar-refractivity contribution in [3.8, 4) is 0 Å². The van der Waals surface area contributed by atoms with Gasteiger partial charge in [0, 0.05) is 21.4 Å². The Morgan fingerprint density at radius 1 is 1.30 bits per heavy atom. The van der Waals surface area contributed by atoms with Crippen LogP contribution in [0.5, 0.6) is 0 Å². The Labute approximate surface area is 147 Å². The van der Waals surface area contributed by atoms with Gasteiger partial charge >= 0.3 is 0 Å². The fourth-order valence-electron chi connectivity index (χ4n) is 2.32. The molecule has 0 fully saturated rings. The van der Waals surface area contributed by atoms with E-state index in [1.165, 1.54) is 0 Å². The molecule has 0 bridgehead atoms. The summed E-state index contributed by atoms with van der Waals surface area (Å²) in [6, 6.07) is 15.5. The third kappa shape index (κ3) is 3.76. The molecule has 0 aromatic heterocycles. The normalized spacial score (nSPS) is 16.6. The summed E-state index contributed by atoms with van der Waals surface area (Å²) in [4.78, 5) is 18.7. The molecule has 2 aromatic rings. The first-order valence-electron chi connectivity index (χ1n) is 7.10. The molecule has 1 heterocycles. The van der Waals surface area contributed by atoms with Crippen LogP contribution in [-0.2, 0) is 9.63 Å². The first-order chi connectivity index (χ1) is 11.2. The Balaban J connectivity index is 1.67. The SMILES string of the molecule is CSc1ccccc1NC(=O)[C@H]1CC(c2cccc(Br)c2)=NO1. The van der Waals surface area contributed by atoms with E-state index in [4.69, 9.17) is 4.84 Å². The molecule has 3 rings (SSSR count). The molecule has 0 radical (unpaired) electrons. The summed E-state index contributed by atoms with van der Waals surface area (Å²) in [5.41, 5.74) is 2.54. The molecule has 1 aliphatic heterocycles. The van der Waals surface area contributed by atoms with Gasteiger partial charge in [0.1, 0.15) is 0 Å². The molecule has 1 atom stereocenters. The second-order valence-electron chi connectivity index (χ2n) is 5.04. The quantitative estimate of drug-likeness (QED) is 0.791. The fourth-order valence-corrected chi connectivity index (χ4v) is 3.27. The minimum absolute atomic E-state index is 0.180. The zero-order valence-corrected chi connectivity index (χ0v) is 14.9. The molecule has 1 amide bonds. The van der Waals surface area contributed by atoms with Crippen molar-refractivity contribution in [3.05, 3.63) is 58.6 Å². The molecule has 0 aliphatic carbocycles. The van der Waals surface area contributed by atoms with Crippen molar-refractivity contribution < 1.29 is 9.63 Å². The number of hydrogen-bond donors (Lipinski definition) is 1. The Morgan fingerprint density at radius 2 is 2.13 bits per heavy atom. The third-order valence-electron chi connectivity index (χ3n) is 3.48. The minimum atomic E-state index is -0.598. The van der Waals surface area contributed by atoms with Crippen LogP contribution in [0.4, 0.5) is 5.69 Å². The Bertz CT molecular complexity index is 764. The molecule has 0 saturated heterocycles. The van der Waals surface area contributed by atoms with Gasteiger partial charge < -0.3 is 10.2 Å². The second-order valence-corrected chi connectivity index (χ2v) is 6.80. The molecule has 23 heavy (non-hydrogen) atoms. The summed E-state index contributed by atoms with van der Waals surface area (Å²) in [5.74, 6) is -0.180. The Morgan fingerprint density at radius 3 is 2.91 bits per heavy atom. The molecule has 6 heteroatoms. The summed E-state index contributed by atoms with van der Waals surface area (Å²) in [6.45, 7) is 0. The predicted octanol–water partition coefficient (Wildman–Crippen LogP) is 4.30. The first kappa shape index (κ1) is 16.1. The van der Waals surface area contributed by atoms with Crippen LogP contribution in [0.15, 0.2) is 63.1 Å². The van der Waals surface area contributed by atoms with Gasteiger partial charge in [0.2, 0.25) is 6.10 Å². The molecule has 4 nitrogen and oxygen atoms in total. The van der Waals surface area contributed by atoms with Crippen LogP contribution in [0.3, 0.4) is 0 Å². The highest BCUT2D eigenvalue weighted by Crippen LogP contribution is 2.26. The van der Waals surface area contributed by atoms with Gasteiger partial charge in [-0.15, -0.1) is 11.8 Å². The number of amides is 1. The molecule has 0 unspecified atom stereocenters. The van der Waals surface area contributed by atoms with Gasteiger partial charge in [-0.05, 0) is 30.5 Å². The van der Waals surface area contributed by atoms with E-state index < -0.39 is 6.10 Å². The number of benzene rings is 2. The summed E-state index contributed by atoms with van der Waals surface area (Å²) in [7, 11) is 0. The second kappa shape index (κ2) is 7.19. The highest BCUT2D eigenvalue weighted by Gasteiger charge is 2.29. The van der Waals surface area contributed by atoms with E-state index in [9.17, 15) is 4.79 Å². The molecule has 118 valence electrons. The molecular weight excluding hydrogens is 376 g/mol. The lowest BCUT2D eigenvalue weighted by molar-refractivity contribution is -0.125. The van der Waals surface area contributed by atoms with Gasteiger partial charge in [0.15, 0.2) is 0 Å². The van der Waals surface area contributed by atoms with E-state index in [0.717, 1.165) is 26.3 Å². The molecule has 1 N–H and O–H groups in total. The maximum atomic E-state index is 12.4. The van der Waals surface area contributed by atoms with Crippen LogP contribution in [0, 0.1) is 0 Å².